The Balaban J connectivity index is 3.90. The molecule has 0 aliphatic heterocycles. The summed E-state index contributed by atoms with van der Waals surface area (Å²) < 4.78 is 4.48. The Morgan fingerprint density at radius 1 is 1.38 bits per heavy atom. The van der Waals surface area contributed by atoms with Crippen LogP contribution in [-0.2, 0) is 14.3 Å². The van der Waals surface area contributed by atoms with Crippen LogP contribution in [0.5, 0.6) is 0 Å². The number of esters is 1. The summed E-state index contributed by atoms with van der Waals surface area (Å²) in [5.74, 6) is -0.822. The third-order valence-corrected chi connectivity index (χ3v) is 2.22. The van der Waals surface area contributed by atoms with Crippen LogP contribution in [0.2, 0.25) is 0 Å². The van der Waals surface area contributed by atoms with Gasteiger partial charge in [0.15, 0.2) is 0 Å². The summed E-state index contributed by atoms with van der Waals surface area (Å²) in [6, 6.07) is -1.27. The number of nitrogens with two attached hydrogens (primary N) is 2. The minimum Gasteiger partial charge on any atom is -0.467 e. The number of carbonyl (C=O) groups excluding carboxylic acids is 2. The Morgan fingerprint density at radius 2 is 2.00 bits per heavy atom. The number of unbranched alkanes of at least 4 members (excludes halogenated alkanes) is 1. The van der Waals surface area contributed by atoms with Gasteiger partial charge in [-0.1, -0.05) is 6.42 Å². The largest absolute Gasteiger partial charge is 0.467 e. The molecule has 0 fully saturated rings. The first kappa shape index (κ1) is 14.9. The van der Waals surface area contributed by atoms with E-state index in [1.165, 1.54) is 7.11 Å². The van der Waals surface area contributed by atoms with Gasteiger partial charge in [-0.2, -0.15) is 0 Å². The van der Waals surface area contributed by atoms with E-state index in [2.05, 4.69) is 10.1 Å². The Labute approximate surface area is 95.7 Å². The lowest BCUT2D eigenvalue weighted by atomic mass is 10.1. The standard InChI is InChI=1S/C10H21N3O3/c1-7(10(15)16-2)13-9(14)8(12)5-3-4-6-11/h7-8H,3-6,11-12H2,1-2H3,(H,13,14). The predicted octanol–water partition coefficient (Wildman–Crippen LogP) is -0.880. The summed E-state index contributed by atoms with van der Waals surface area (Å²) in [5, 5.41) is 2.49. The third kappa shape index (κ3) is 5.67. The summed E-state index contributed by atoms with van der Waals surface area (Å²) in [7, 11) is 1.27. The van der Waals surface area contributed by atoms with Gasteiger partial charge in [-0.05, 0) is 26.3 Å². The molecule has 2 atom stereocenters. The van der Waals surface area contributed by atoms with E-state index < -0.39 is 18.1 Å². The van der Waals surface area contributed by atoms with Gasteiger partial charge in [0.05, 0.1) is 13.2 Å². The summed E-state index contributed by atoms with van der Waals surface area (Å²) in [5.41, 5.74) is 11.0. The van der Waals surface area contributed by atoms with E-state index in [4.69, 9.17) is 11.5 Å². The Hall–Kier alpha value is -1.14. The molecule has 2 unspecified atom stereocenters. The third-order valence-electron chi connectivity index (χ3n) is 2.22. The van der Waals surface area contributed by atoms with E-state index in [1.807, 2.05) is 0 Å². The van der Waals surface area contributed by atoms with Gasteiger partial charge in [0.2, 0.25) is 5.91 Å². The smallest absolute Gasteiger partial charge is 0.328 e. The number of ether oxygens (including phenoxy) is 1. The molecule has 1 amide bonds. The van der Waals surface area contributed by atoms with Crippen molar-refractivity contribution in [3.8, 4) is 0 Å². The first-order valence-electron chi connectivity index (χ1n) is 5.36. The van der Waals surface area contributed by atoms with Gasteiger partial charge in [0.1, 0.15) is 6.04 Å². The predicted molar refractivity (Wildman–Crippen MR) is 60.5 cm³/mol. The van der Waals surface area contributed by atoms with Crippen molar-refractivity contribution < 1.29 is 14.3 Å². The fourth-order valence-corrected chi connectivity index (χ4v) is 1.20. The number of rotatable bonds is 7. The lowest BCUT2D eigenvalue weighted by molar-refractivity contribution is -0.144. The summed E-state index contributed by atoms with van der Waals surface area (Å²) in [6.45, 7) is 2.14. The first-order valence-corrected chi connectivity index (χ1v) is 5.36. The highest BCUT2D eigenvalue weighted by molar-refractivity contribution is 5.87. The van der Waals surface area contributed by atoms with Crippen LogP contribution in [0.3, 0.4) is 0 Å². The first-order chi connectivity index (χ1) is 7.52. The molecule has 0 spiro atoms. The minimum atomic E-state index is -0.668. The van der Waals surface area contributed by atoms with Crippen LogP contribution in [0.4, 0.5) is 0 Å². The zero-order valence-corrected chi connectivity index (χ0v) is 9.86. The van der Waals surface area contributed by atoms with Crippen molar-refractivity contribution in [3.63, 3.8) is 0 Å². The maximum Gasteiger partial charge on any atom is 0.328 e. The summed E-state index contributed by atoms with van der Waals surface area (Å²) >= 11 is 0. The van der Waals surface area contributed by atoms with Gasteiger partial charge in [-0.3, -0.25) is 4.79 Å². The second kappa shape index (κ2) is 8.06. The fraction of sp³-hybridized carbons (Fsp3) is 0.800. The topological polar surface area (TPSA) is 107 Å². The van der Waals surface area contributed by atoms with Gasteiger partial charge in [-0.25, -0.2) is 4.79 Å². The highest BCUT2D eigenvalue weighted by atomic mass is 16.5. The molecular weight excluding hydrogens is 210 g/mol. The van der Waals surface area contributed by atoms with Crippen LogP contribution < -0.4 is 16.8 Å². The number of methoxy groups -OCH3 is 1. The SMILES string of the molecule is COC(=O)C(C)NC(=O)C(N)CCCCN. The fourth-order valence-electron chi connectivity index (χ4n) is 1.20. The van der Waals surface area contributed by atoms with Crippen LogP contribution in [-0.4, -0.2) is 37.6 Å². The Morgan fingerprint density at radius 3 is 2.50 bits per heavy atom. The molecule has 0 aromatic heterocycles. The zero-order valence-electron chi connectivity index (χ0n) is 9.86. The van der Waals surface area contributed by atoms with Crippen LogP contribution in [0, 0.1) is 0 Å². The molecule has 0 bridgehead atoms. The molecule has 16 heavy (non-hydrogen) atoms. The minimum absolute atomic E-state index is 0.338. The number of hydrogen-bond acceptors (Lipinski definition) is 5. The van der Waals surface area contributed by atoms with Crippen LogP contribution in [0.25, 0.3) is 0 Å². The maximum absolute atomic E-state index is 11.5. The van der Waals surface area contributed by atoms with Crippen LogP contribution >= 0.6 is 0 Å². The average Bonchev–Trinajstić information content (AvgIpc) is 2.27. The van der Waals surface area contributed by atoms with Gasteiger partial charge in [0, 0.05) is 0 Å². The van der Waals surface area contributed by atoms with Crippen molar-refractivity contribution in [2.24, 2.45) is 11.5 Å². The van der Waals surface area contributed by atoms with Gasteiger partial charge in [-0.15, -0.1) is 0 Å². The number of hydrogen-bond donors (Lipinski definition) is 3. The van der Waals surface area contributed by atoms with E-state index in [9.17, 15) is 9.59 Å². The highest BCUT2D eigenvalue weighted by Gasteiger charge is 2.19. The van der Waals surface area contributed by atoms with Crippen molar-refractivity contribution >= 4 is 11.9 Å². The number of nitrogens with one attached hydrogen (secondary N) is 1. The van der Waals surface area contributed by atoms with Gasteiger partial charge >= 0.3 is 5.97 Å². The number of amides is 1. The molecule has 0 heterocycles. The molecule has 0 aliphatic carbocycles. The molecule has 0 saturated carbocycles. The van der Waals surface area contributed by atoms with E-state index >= 15 is 0 Å². The lowest BCUT2D eigenvalue weighted by Crippen LogP contribution is -2.47. The summed E-state index contributed by atoms with van der Waals surface area (Å²) in [4.78, 5) is 22.5. The molecule has 0 rings (SSSR count). The van der Waals surface area contributed by atoms with Crippen LogP contribution in [0.15, 0.2) is 0 Å². The second-order valence-corrected chi connectivity index (χ2v) is 3.64. The zero-order chi connectivity index (χ0) is 12.6. The van der Waals surface area contributed by atoms with E-state index in [0.29, 0.717) is 13.0 Å². The van der Waals surface area contributed by atoms with Crippen molar-refractivity contribution in [2.75, 3.05) is 13.7 Å². The quantitative estimate of drug-likeness (QED) is 0.389. The van der Waals surface area contributed by atoms with E-state index in [1.54, 1.807) is 6.92 Å². The molecule has 0 radical (unpaired) electrons. The Bertz CT molecular complexity index is 233. The monoisotopic (exact) mass is 231 g/mol. The molecule has 5 N–H and O–H groups in total. The van der Waals surface area contributed by atoms with E-state index in [-0.39, 0.29) is 5.91 Å². The lowest BCUT2D eigenvalue weighted by Gasteiger charge is -2.15. The molecular formula is C10H21N3O3. The molecule has 6 nitrogen and oxygen atoms in total. The van der Waals surface area contributed by atoms with Gasteiger partial charge in [0.25, 0.3) is 0 Å². The molecule has 0 aromatic carbocycles. The molecule has 0 saturated heterocycles. The maximum atomic E-state index is 11.5. The van der Waals surface area contributed by atoms with Crippen LogP contribution in [0.1, 0.15) is 26.2 Å². The van der Waals surface area contributed by atoms with E-state index in [0.717, 1.165) is 12.8 Å². The molecule has 94 valence electrons. The molecule has 6 heteroatoms. The normalized spacial score (nSPS) is 14.0. The van der Waals surface area contributed by atoms with Crippen molar-refractivity contribution in [3.05, 3.63) is 0 Å². The summed E-state index contributed by atoms with van der Waals surface area (Å²) in [6.07, 6.45) is 2.21. The van der Waals surface area contributed by atoms with Crippen molar-refractivity contribution in [1.29, 1.82) is 0 Å². The van der Waals surface area contributed by atoms with Crippen molar-refractivity contribution in [1.82, 2.24) is 5.32 Å². The molecule has 0 aromatic rings. The Kier molecular flexibility index (Phi) is 7.49. The molecule has 0 aliphatic rings. The number of carbonyl (C=O) groups is 2. The highest BCUT2D eigenvalue weighted by Crippen LogP contribution is 1.98. The van der Waals surface area contributed by atoms with Crippen molar-refractivity contribution in [2.45, 2.75) is 38.3 Å². The second-order valence-electron chi connectivity index (χ2n) is 3.64. The average molecular weight is 231 g/mol. The van der Waals surface area contributed by atoms with Gasteiger partial charge < -0.3 is 21.5 Å².